The first-order valence-corrected chi connectivity index (χ1v) is 9.93. The molecular formula is C11H12BrF2NO4S2. The lowest BCUT2D eigenvalue weighted by Crippen LogP contribution is -2.47. The van der Waals surface area contributed by atoms with Crippen LogP contribution in [0.1, 0.15) is 13.3 Å². The summed E-state index contributed by atoms with van der Waals surface area (Å²) >= 11 is 2.81. The van der Waals surface area contributed by atoms with Gasteiger partial charge in [-0.2, -0.15) is 0 Å². The Morgan fingerprint density at radius 3 is 2.43 bits per heavy atom. The molecule has 0 bridgehead atoms. The molecule has 1 N–H and O–H groups in total. The van der Waals surface area contributed by atoms with E-state index in [2.05, 4.69) is 20.7 Å². The summed E-state index contributed by atoms with van der Waals surface area (Å²) in [6, 6.07) is 1.28. The molecule has 1 atom stereocenters. The van der Waals surface area contributed by atoms with Gasteiger partial charge in [0, 0.05) is 16.1 Å². The van der Waals surface area contributed by atoms with Crippen LogP contribution in [0.25, 0.3) is 0 Å². The Morgan fingerprint density at radius 1 is 1.33 bits per heavy atom. The van der Waals surface area contributed by atoms with Gasteiger partial charge in [-0.25, -0.2) is 30.3 Å². The molecule has 1 aliphatic heterocycles. The first-order valence-electron chi connectivity index (χ1n) is 5.83. The van der Waals surface area contributed by atoms with Crippen molar-refractivity contribution < 1.29 is 25.6 Å². The number of hydrogen-bond donors (Lipinski definition) is 1. The molecule has 10 heteroatoms. The normalized spacial score (nSPS) is 25.1. The van der Waals surface area contributed by atoms with Crippen molar-refractivity contribution in [3.05, 3.63) is 28.2 Å². The molecule has 1 aliphatic rings. The molecule has 5 nitrogen and oxygen atoms in total. The third-order valence-corrected chi connectivity index (χ3v) is 7.62. The molecule has 1 heterocycles. The first-order chi connectivity index (χ1) is 9.44. The minimum Gasteiger partial charge on any atom is -0.229 e. The van der Waals surface area contributed by atoms with Crippen LogP contribution in [-0.2, 0) is 19.9 Å². The van der Waals surface area contributed by atoms with E-state index in [0.717, 1.165) is 6.07 Å². The lowest BCUT2D eigenvalue weighted by Gasteiger charge is -2.24. The zero-order valence-corrected chi connectivity index (χ0v) is 14.1. The smallest absolute Gasteiger partial charge is 0.229 e. The Morgan fingerprint density at radius 2 is 1.95 bits per heavy atom. The number of rotatable bonds is 3. The zero-order valence-electron chi connectivity index (χ0n) is 10.9. The molecule has 1 fully saturated rings. The summed E-state index contributed by atoms with van der Waals surface area (Å²) in [6.07, 6.45) is 0.0923. The largest absolute Gasteiger partial charge is 0.245 e. The SMILES string of the molecule is C[C@]1(NS(=O)(=O)c2c(F)cc(F)cc2Br)CCS(=O)(=O)C1. The summed E-state index contributed by atoms with van der Waals surface area (Å²) in [4.78, 5) is -0.741. The van der Waals surface area contributed by atoms with Crippen LogP contribution in [0.3, 0.4) is 0 Å². The molecule has 0 amide bonds. The van der Waals surface area contributed by atoms with Crippen LogP contribution in [0.5, 0.6) is 0 Å². The van der Waals surface area contributed by atoms with Crippen LogP contribution in [0.15, 0.2) is 21.5 Å². The van der Waals surface area contributed by atoms with Crippen molar-refractivity contribution >= 4 is 35.8 Å². The molecule has 21 heavy (non-hydrogen) atoms. The van der Waals surface area contributed by atoms with Crippen molar-refractivity contribution in [1.82, 2.24) is 4.72 Å². The van der Waals surface area contributed by atoms with Gasteiger partial charge in [0.1, 0.15) is 16.5 Å². The Balaban J connectivity index is 2.41. The molecule has 118 valence electrons. The van der Waals surface area contributed by atoms with Gasteiger partial charge in [-0.3, -0.25) is 0 Å². The Kier molecular flexibility index (Phi) is 4.20. The van der Waals surface area contributed by atoms with E-state index in [-0.39, 0.29) is 22.4 Å². The third-order valence-electron chi connectivity index (χ3n) is 3.12. The van der Waals surface area contributed by atoms with Crippen molar-refractivity contribution in [3.8, 4) is 0 Å². The van der Waals surface area contributed by atoms with Gasteiger partial charge in [0.05, 0.1) is 11.5 Å². The standard InChI is InChI=1S/C11H12BrF2NO4S2/c1-11(2-3-20(16,17)6-11)15-21(18,19)10-8(12)4-7(13)5-9(10)14/h4-5,15H,2-3,6H2,1H3/t11-/m0/s1. The second-order valence-electron chi connectivity index (χ2n) is 5.21. The molecular weight excluding hydrogens is 392 g/mol. The van der Waals surface area contributed by atoms with E-state index < -0.39 is 41.9 Å². The molecule has 0 radical (unpaired) electrons. The van der Waals surface area contributed by atoms with E-state index in [9.17, 15) is 25.6 Å². The van der Waals surface area contributed by atoms with Crippen LogP contribution >= 0.6 is 15.9 Å². The predicted octanol–water partition coefficient (Wildman–Crippen LogP) is 1.58. The second-order valence-corrected chi connectivity index (χ2v) is 9.86. The number of nitrogens with one attached hydrogen (secondary N) is 1. The molecule has 2 rings (SSSR count). The van der Waals surface area contributed by atoms with E-state index >= 15 is 0 Å². The van der Waals surface area contributed by atoms with Crippen molar-refractivity contribution in [2.24, 2.45) is 0 Å². The fraction of sp³-hybridized carbons (Fsp3) is 0.455. The van der Waals surface area contributed by atoms with Gasteiger partial charge in [0.25, 0.3) is 0 Å². The number of sulfone groups is 1. The maximum atomic E-state index is 13.8. The molecule has 1 saturated heterocycles. The van der Waals surface area contributed by atoms with E-state index in [0.29, 0.717) is 6.07 Å². The summed E-state index contributed by atoms with van der Waals surface area (Å²) in [5.41, 5.74) is -1.21. The van der Waals surface area contributed by atoms with Crippen molar-refractivity contribution in [2.45, 2.75) is 23.8 Å². The number of halogens is 3. The molecule has 0 unspecified atom stereocenters. The quantitative estimate of drug-likeness (QED) is 0.830. The fourth-order valence-electron chi connectivity index (χ4n) is 2.25. The maximum Gasteiger partial charge on any atom is 0.245 e. The molecule has 0 aliphatic carbocycles. The van der Waals surface area contributed by atoms with Crippen LogP contribution < -0.4 is 4.72 Å². The maximum absolute atomic E-state index is 13.8. The monoisotopic (exact) mass is 403 g/mol. The summed E-state index contributed by atoms with van der Waals surface area (Å²) in [5, 5.41) is 0. The molecule has 1 aromatic carbocycles. The van der Waals surface area contributed by atoms with Crippen molar-refractivity contribution in [1.29, 1.82) is 0 Å². The summed E-state index contributed by atoms with van der Waals surface area (Å²) in [7, 11) is -7.66. The fourth-order valence-corrected chi connectivity index (χ4v) is 7.04. The highest BCUT2D eigenvalue weighted by Gasteiger charge is 2.42. The lowest BCUT2D eigenvalue weighted by molar-refractivity contribution is 0.458. The highest BCUT2D eigenvalue weighted by molar-refractivity contribution is 9.10. The molecule has 1 aromatic rings. The van der Waals surface area contributed by atoms with Crippen LogP contribution in [0, 0.1) is 11.6 Å². The van der Waals surface area contributed by atoms with Gasteiger partial charge in [-0.1, -0.05) is 0 Å². The molecule has 0 spiro atoms. The molecule has 0 aromatic heterocycles. The third kappa shape index (κ3) is 3.61. The van der Waals surface area contributed by atoms with Gasteiger partial charge in [-0.15, -0.1) is 0 Å². The zero-order chi connectivity index (χ0) is 16.1. The average Bonchev–Trinajstić information content (AvgIpc) is 2.48. The van der Waals surface area contributed by atoms with E-state index in [1.807, 2.05) is 0 Å². The minimum atomic E-state index is -4.33. The Labute approximate surface area is 129 Å². The van der Waals surface area contributed by atoms with Crippen molar-refractivity contribution in [2.75, 3.05) is 11.5 Å². The predicted molar refractivity (Wildman–Crippen MR) is 76.1 cm³/mol. The highest BCUT2D eigenvalue weighted by atomic mass is 79.9. The average molecular weight is 404 g/mol. The van der Waals surface area contributed by atoms with E-state index in [1.165, 1.54) is 6.92 Å². The van der Waals surface area contributed by atoms with Gasteiger partial charge >= 0.3 is 0 Å². The van der Waals surface area contributed by atoms with E-state index in [1.54, 1.807) is 0 Å². The molecule has 0 saturated carbocycles. The summed E-state index contributed by atoms with van der Waals surface area (Å²) < 4.78 is 76.2. The van der Waals surface area contributed by atoms with Crippen LogP contribution in [0.2, 0.25) is 0 Å². The van der Waals surface area contributed by atoms with Gasteiger partial charge in [0.15, 0.2) is 9.84 Å². The Hall–Kier alpha value is -0.580. The number of benzene rings is 1. The summed E-state index contributed by atoms with van der Waals surface area (Å²) in [5.74, 6) is -2.68. The lowest BCUT2D eigenvalue weighted by atomic mass is 10.0. The van der Waals surface area contributed by atoms with Gasteiger partial charge in [0.2, 0.25) is 10.0 Å². The first kappa shape index (κ1) is 16.8. The Bertz CT molecular complexity index is 771. The highest BCUT2D eigenvalue weighted by Crippen LogP contribution is 2.30. The number of sulfonamides is 1. The van der Waals surface area contributed by atoms with Gasteiger partial charge < -0.3 is 0 Å². The van der Waals surface area contributed by atoms with Crippen molar-refractivity contribution in [3.63, 3.8) is 0 Å². The number of hydrogen-bond acceptors (Lipinski definition) is 4. The van der Waals surface area contributed by atoms with E-state index in [4.69, 9.17) is 0 Å². The van der Waals surface area contributed by atoms with Crippen LogP contribution in [-0.4, -0.2) is 33.9 Å². The second kappa shape index (κ2) is 5.25. The van der Waals surface area contributed by atoms with Crippen LogP contribution in [0.4, 0.5) is 8.78 Å². The van der Waals surface area contributed by atoms with Gasteiger partial charge in [-0.05, 0) is 35.3 Å². The topological polar surface area (TPSA) is 80.3 Å². The minimum absolute atomic E-state index is 0.0923. The summed E-state index contributed by atoms with van der Waals surface area (Å²) in [6.45, 7) is 1.43.